The molecule has 4 rings (SSSR count). The van der Waals surface area contributed by atoms with E-state index >= 15 is 0 Å². The molecule has 1 aliphatic heterocycles. The van der Waals surface area contributed by atoms with Gasteiger partial charge in [0.2, 0.25) is 0 Å². The molecule has 0 spiro atoms. The maximum absolute atomic E-state index is 5.35. The van der Waals surface area contributed by atoms with Crippen molar-refractivity contribution in [3.8, 4) is 0 Å². The van der Waals surface area contributed by atoms with E-state index < -0.39 is 0 Å². The molecule has 5 heteroatoms. The van der Waals surface area contributed by atoms with E-state index in [4.69, 9.17) is 9.84 Å². The minimum Gasteiger partial charge on any atom is -0.382 e. The average molecular weight is 528 g/mol. The fourth-order valence-corrected chi connectivity index (χ4v) is 3.86. The van der Waals surface area contributed by atoms with Crippen LogP contribution in [0.3, 0.4) is 0 Å². The number of hydrazone groups is 1. The molecule has 0 aromatic heterocycles. The van der Waals surface area contributed by atoms with E-state index in [2.05, 4.69) is 71.1 Å². The summed E-state index contributed by atoms with van der Waals surface area (Å²) >= 11 is 2.38. The van der Waals surface area contributed by atoms with E-state index in [9.17, 15) is 0 Å². The van der Waals surface area contributed by atoms with Crippen LogP contribution in [0.4, 0.5) is 0 Å². The van der Waals surface area contributed by atoms with Crippen LogP contribution in [0.5, 0.6) is 0 Å². The van der Waals surface area contributed by atoms with Gasteiger partial charge < -0.3 is 4.74 Å². The maximum atomic E-state index is 5.35. The summed E-state index contributed by atoms with van der Waals surface area (Å²) in [6, 6.07) is 10.8. The van der Waals surface area contributed by atoms with Gasteiger partial charge in [0.1, 0.15) is 0 Å². The molecule has 2 saturated carbocycles. The summed E-state index contributed by atoms with van der Waals surface area (Å²) in [6.07, 6.45) is 18.7. The largest absolute Gasteiger partial charge is 2.00 e. The van der Waals surface area contributed by atoms with Gasteiger partial charge in [-0.1, -0.05) is 52.9 Å². The Morgan fingerprint density at radius 1 is 1.07 bits per heavy atom. The van der Waals surface area contributed by atoms with Crippen LogP contribution in [0.25, 0.3) is 0 Å². The van der Waals surface area contributed by atoms with E-state index in [1.54, 1.807) is 7.11 Å². The molecule has 1 aromatic rings. The van der Waals surface area contributed by atoms with Crippen molar-refractivity contribution in [3.05, 3.63) is 97.1 Å². The molecule has 0 bridgehead atoms. The normalized spacial score (nSPS) is 23.4. The van der Waals surface area contributed by atoms with Gasteiger partial charge in [0, 0.05) is 19.6 Å². The SMILES string of the molecule is COC[C@@H]1CCCN1/N=C(/[C]1[CH][CH][CH][C]1I)c1ccccc1.[CH]1[CH][CH][CH][CH]1.[Fe+2]. The zero-order valence-electron chi connectivity index (χ0n) is 15.9. The Labute approximate surface area is 195 Å². The van der Waals surface area contributed by atoms with Gasteiger partial charge in [0.25, 0.3) is 0 Å². The fraction of sp³-hybridized carbons (Fsp3) is 0.261. The Hall–Kier alpha value is -0.101. The second kappa shape index (κ2) is 13.3. The molecule has 3 fully saturated rings. The van der Waals surface area contributed by atoms with Gasteiger partial charge >= 0.3 is 17.1 Å². The predicted molar refractivity (Wildman–Crippen MR) is 119 cm³/mol. The first-order valence-corrected chi connectivity index (χ1v) is 10.4. The summed E-state index contributed by atoms with van der Waals surface area (Å²) in [6.45, 7) is 1.74. The van der Waals surface area contributed by atoms with Gasteiger partial charge in [0.05, 0.1) is 22.3 Å². The van der Waals surface area contributed by atoms with Gasteiger partial charge in [-0.3, -0.25) is 5.01 Å². The van der Waals surface area contributed by atoms with Crippen LogP contribution in [0, 0.1) is 61.2 Å². The van der Waals surface area contributed by atoms with Gasteiger partial charge in [-0.2, -0.15) is 5.10 Å². The molecule has 1 saturated heterocycles. The summed E-state index contributed by atoms with van der Waals surface area (Å²) in [4.78, 5) is 0. The quantitative estimate of drug-likeness (QED) is 0.315. The minimum atomic E-state index is 0. The molecule has 0 N–H and O–H groups in total. The van der Waals surface area contributed by atoms with E-state index in [0.717, 1.165) is 30.8 Å². The molecule has 2 aliphatic carbocycles. The average Bonchev–Trinajstić information content (AvgIpc) is 3.46. The first-order valence-electron chi connectivity index (χ1n) is 9.27. The second-order valence-electron chi connectivity index (χ2n) is 6.48. The first-order chi connectivity index (χ1) is 13.3. The van der Waals surface area contributed by atoms with Crippen LogP contribution >= 0.6 is 22.6 Å². The van der Waals surface area contributed by atoms with Crippen LogP contribution in [0.15, 0.2) is 35.4 Å². The molecule has 1 heterocycles. The third kappa shape index (κ3) is 7.00. The van der Waals surface area contributed by atoms with Crippen molar-refractivity contribution in [1.82, 2.24) is 5.01 Å². The monoisotopic (exact) mass is 528 g/mol. The van der Waals surface area contributed by atoms with E-state index in [-0.39, 0.29) is 17.1 Å². The smallest absolute Gasteiger partial charge is 0.382 e. The summed E-state index contributed by atoms with van der Waals surface area (Å²) < 4.78 is 6.58. The van der Waals surface area contributed by atoms with Crippen molar-refractivity contribution in [1.29, 1.82) is 0 Å². The summed E-state index contributed by atoms with van der Waals surface area (Å²) in [5.74, 6) is 1.20. The van der Waals surface area contributed by atoms with Gasteiger partial charge in [-0.25, -0.2) is 0 Å². The van der Waals surface area contributed by atoms with Crippen molar-refractivity contribution >= 4 is 28.3 Å². The Morgan fingerprint density at radius 3 is 2.32 bits per heavy atom. The van der Waals surface area contributed by atoms with Crippen molar-refractivity contribution in [3.63, 3.8) is 0 Å². The number of hydrogen-bond donors (Lipinski definition) is 0. The van der Waals surface area contributed by atoms with Crippen LogP contribution < -0.4 is 0 Å². The van der Waals surface area contributed by atoms with Crippen molar-refractivity contribution in [2.24, 2.45) is 5.10 Å². The molecular formula is C23H25FeIN2O+2. The van der Waals surface area contributed by atoms with Crippen molar-refractivity contribution in [2.75, 3.05) is 20.3 Å². The van der Waals surface area contributed by atoms with Crippen LogP contribution in [-0.2, 0) is 21.8 Å². The van der Waals surface area contributed by atoms with E-state index in [1.165, 1.54) is 16.3 Å². The van der Waals surface area contributed by atoms with Crippen molar-refractivity contribution in [2.45, 2.75) is 18.9 Å². The minimum absolute atomic E-state index is 0. The Kier molecular flexibility index (Phi) is 11.4. The number of nitrogens with zero attached hydrogens (tertiary/aromatic N) is 2. The summed E-state index contributed by atoms with van der Waals surface area (Å²) in [5, 5.41) is 7.22. The third-order valence-electron chi connectivity index (χ3n) is 4.55. The molecule has 28 heavy (non-hydrogen) atoms. The van der Waals surface area contributed by atoms with E-state index in [0.29, 0.717) is 6.04 Å². The molecule has 1 atom stereocenters. The van der Waals surface area contributed by atoms with E-state index in [1.807, 2.05) is 38.2 Å². The van der Waals surface area contributed by atoms with Crippen LogP contribution in [-0.4, -0.2) is 37.0 Å². The number of rotatable bonds is 5. The molecular weight excluding hydrogens is 503 g/mol. The standard InChI is InChI=1S/C18H20IN2O.C5H5.Fe/c1-22-13-15-9-6-12-21(15)20-18(14-7-3-2-4-8-14)16-10-5-11-17(16)19;1-2-4-5-3-1;/h2-5,7-8,10-11,15H,6,9,12-13H2,1H3;1-5H;/q;;+2/b20-18+;;/t15-;;/m0../s1. The van der Waals surface area contributed by atoms with Crippen LogP contribution in [0.1, 0.15) is 18.4 Å². The van der Waals surface area contributed by atoms with Crippen molar-refractivity contribution < 1.29 is 21.8 Å². The molecule has 146 valence electrons. The number of halogens is 1. The third-order valence-corrected chi connectivity index (χ3v) is 5.49. The Bertz CT molecular complexity index is 572. The Morgan fingerprint density at radius 2 is 1.75 bits per heavy atom. The number of benzene rings is 1. The fourth-order valence-electron chi connectivity index (χ4n) is 3.22. The molecule has 0 unspecified atom stereocenters. The van der Waals surface area contributed by atoms with Gasteiger partial charge in [0.15, 0.2) is 0 Å². The molecule has 3 nitrogen and oxygen atoms in total. The zero-order valence-corrected chi connectivity index (χ0v) is 19.2. The maximum Gasteiger partial charge on any atom is 2.00 e. The van der Waals surface area contributed by atoms with Crippen LogP contribution in [0.2, 0.25) is 0 Å². The molecule has 0 amide bonds. The number of methoxy groups -OCH3 is 1. The molecule has 3 aliphatic rings. The predicted octanol–water partition coefficient (Wildman–Crippen LogP) is 4.69. The second-order valence-corrected chi connectivity index (χ2v) is 7.64. The summed E-state index contributed by atoms with van der Waals surface area (Å²) in [5.41, 5.74) is 2.22. The molecule has 10 radical (unpaired) electrons. The molecule has 1 aromatic carbocycles. The zero-order chi connectivity index (χ0) is 18.9. The number of ether oxygens (including phenoxy) is 1. The van der Waals surface area contributed by atoms with Gasteiger partial charge in [-0.05, 0) is 69.8 Å². The first kappa shape index (κ1) is 24.2. The Balaban J connectivity index is 0.000000408. The summed E-state index contributed by atoms with van der Waals surface area (Å²) in [7, 11) is 1.76. The van der Waals surface area contributed by atoms with Gasteiger partial charge in [-0.15, -0.1) is 0 Å². The number of hydrogen-bond acceptors (Lipinski definition) is 3. The topological polar surface area (TPSA) is 24.8 Å².